The number of nitrogens with one attached hydrogen (secondary N) is 2. The van der Waals surface area contributed by atoms with Gasteiger partial charge in [0.25, 0.3) is 0 Å². The van der Waals surface area contributed by atoms with Crippen LogP contribution in [-0.2, 0) is 19.1 Å². The molecule has 41 heavy (non-hydrogen) atoms. The van der Waals surface area contributed by atoms with Gasteiger partial charge in [0.05, 0.1) is 0 Å². The lowest BCUT2D eigenvalue weighted by Gasteiger charge is -2.15. The normalized spacial score (nSPS) is 11.2. The second-order valence-corrected chi connectivity index (χ2v) is 9.37. The highest BCUT2D eigenvalue weighted by Crippen LogP contribution is 2.33. The van der Waals surface area contributed by atoms with E-state index in [9.17, 15) is 9.59 Å². The average Bonchev–Trinajstić information content (AvgIpc) is 2.98. The third kappa shape index (κ3) is 14.3. The standard InChI is InChI=1S/C30H40Cl2N2O6.ClH/c1-3-27(23-5-9-25(10-6-23)39-21-29(35)37-19-17-33-15-13-31)28(4-2)24-7-11-26(12-8-24)40-22-30(36)38-20-18-34-16-14-32;/h5-12,33-34H,3-4,13-22H2,1-2H3;1H/b28-27-;. The average molecular weight is 632 g/mol. The van der Waals surface area contributed by atoms with Gasteiger partial charge in [-0.25, -0.2) is 9.59 Å². The van der Waals surface area contributed by atoms with Crippen molar-refractivity contribution in [2.75, 3.05) is 64.4 Å². The van der Waals surface area contributed by atoms with E-state index in [1.54, 1.807) is 0 Å². The molecule has 0 heterocycles. The molecule has 0 atom stereocenters. The van der Waals surface area contributed by atoms with Crippen LogP contribution >= 0.6 is 35.6 Å². The van der Waals surface area contributed by atoms with E-state index in [2.05, 4.69) is 24.5 Å². The predicted molar refractivity (Wildman–Crippen MR) is 168 cm³/mol. The fourth-order valence-electron chi connectivity index (χ4n) is 3.91. The van der Waals surface area contributed by atoms with Gasteiger partial charge in [0.15, 0.2) is 13.2 Å². The van der Waals surface area contributed by atoms with Crippen LogP contribution in [0.15, 0.2) is 48.5 Å². The summed E-state index contributed by atoms with van der Waals surface area (Å²) in [6, 6.07) is 15.4. The number of hydrogen-bond donors (Lipinski definition) is 2. The van der Waals surface area contributed by atoms with E-state index in [1.165, 1.54) is 11.1 Å². The van der Waals surface area contributed by atoms with E-state index in [4.69, 9.17) is 42.1 Å². The minimum Gasteiger partial charge on any atom is -0.482 e. The van der Waals surface area contributed by atoms with Crippen LogP contribution in [0.25, 0.3) is 11.1 Å². The summed E-state index contributed by atoms with van der Waals surface area (Å²) in [5.74, 6) is 1.38. The number of allylic oxidation sites excluding steroid dienone is 2. The van der Waals surface area contributed by atoms with Crippen molar-refractivity contribution in [1.82, 2.24) is 10.6 Å². The summed E-state index contributed by atoms with van der Waals surface area (Å²) in [7, 11) is 0. The number of carbonyl (C=O) groups excluding carboxylic acids is 2. The van der Waals surface area contributed by atoms with E-state index in [1.807, 2.05) is 48.5 Å². The van der Waals surface area contributed by atoms with Crippen molar-refractivity contribution in [3.63, 3.8) is 0 Å². The van der Waals surface area contributed by atoms with Gasteiger partial charge >= 0.3 is 11.9 Å². The third-order valence-electron chi connectivity index (χ3n) is 5.82. The summed E-state index contributed by atoms with van der Waals surface area (Å²) in [5.41, 5.74) is 4.61. The minimum absolute atomic E-state index is 0. The number of benzene rings is 2. The summed E-state index contributed by atoms with van der Waals surface area (Å²) in [5, 5.41) is 6.11. The number of hydrogen-bond acceptors (Lipinski definition) is 8. The molecule has 0 radical (unpaired) electrons. The molecule has 0 aliphatic carbocycles. The molecule has 0 unspecified atom stereocenters. The number of carbonyl (C=O) groups is 2. The van der Waals surface area contributed by atoms with Gasteiger partial charge in [0.2, 0.25) is 0 Å². The van der Waals surface area contributed by atoms with Gasteiger partial charge < -0.3 is 29.6 Å². The molecule has 228 valence electrons. The Kier molecular flexibility index (Phi) is 19.7. The van der Waals surface area contributed by atoms with Crippen LogP contribution in [0.5, 0.6) is 11.5 Å². The Balaban J connectivity index is 0.00000840. The molecule has 0 aliphatic rings. The molecule has 8 nitrogen and oxygen atoms in total. The van der Waals surface area contributed by atoms with Crippen molar-refractivity contribution >= 4 is 58.7 Å². The quantitative estimate of drug-likeness (QED) is 0.0876. The second kappa shape index (κ2) is 22.2. The van der Waals surface area contributed by atoms with E-state index in [0.717, 1.165) is 24.0 Å². The van der Waals surface area contributed by atoms with Gasteiger partial charge in [-0.2, -0.15) is 0 Å². The molecule has 0 amide bonds. The lowest BCUT2D eigenvalue weighted by atomic mass is 9.91. The lowest BCUT2D eigenvalue weighted by molar-refractivity contribution is -0.146. The zero-order chi connectivity index (χ0) is 29.0. The zero-order valence-corrected chi connectivity index (χ0v) is 26.0. The molecule has 2 aromatic carbocycles. The molecule has 2 rings (SSSR count). The Morgan fingerprint density at radius 3 is 1.32 bits per heavy atom. The van der Waals surface area contributed by atoms with Crippen molar-refractivity contribution in [1.29, 1.82) is 0 Å². The molecular weight excluding hydrogens is 591 g/mol. The van der Waals surface area contributed by atoms with Crippen LogP contribution in [0.4, 0.5) is 0 Å². The van der Waals surface area contributed by atoms with Crippen LogP contribution < -0.4 is 20.1 Å². The molecule has 0 aromatic heterocycles. The maximum absolute atomic E-state index is 11.9. The minimum atomic E-state index is -0.418. The van der Waals surface area contributed by atoms with Gasteiger partial charge in [-0.1, -0.05) is 38.1 Å². The fourth-order valence-corrected chi connectivity index (χ4v) is 4.18. The van der Waals surface area contributed by atoms with E-state index in [-0.39, 0.29) is 38.8 Å². The number of alkyl halides is 2. The Morgan fingerprint density at radius 2 is 1.00 bits per heavy atom. The van der Waals surface area contributed by atoms with Crippen molar-refractivity contribution in [3.05, 3.63) is 59.7 Å². The zero-order valence-electron chi connectivity index (χ0n) is 23.7. The van der Waals surface area contributed by atoms with Gasteiger partial charge in [-0.3, -0.25) is 0 Å². The van der Waals surface area contributed by atoms with E-state index >= 15 is 0 Å². The van der Waals surface area contributed by atoms with Gasteiger partial charge in [-0.15, -0.1) is 35.6 Å². The van der Waals surface area contributed by atoms with Gasteiger partial charge in [0.1, 0.15) is 24.7 Å². The van der Waals surface area contributed by atoms with Crippen molar-refractivity contribution in [3.8, 4) is 11.5 Å². The molecule has 2 aromatic rings. The van der Waals surface area contributed by atoms with E-state index in [0.29, 0.717) is 49.4 Å². The molecule has 0 saturated carbocycles. The fraction of sp³-hybridized carbons (Fsp3) is 0.467. The van der Waals surface area contributed by atoms with E-state index < -0.39 is 11.9 Å². The molecule has 2 N–H and O–H groups in total. The molecule has 11 heteroatoms. The largest absolute Gasteiger partial charge is 0.482 e. The van der Waals surface area contributed by atoms with Crippen molar-refractivity contribution < 1.29 is 28.5 Å². The number of halogens is 3. The van der Waals surface area contributed by atoms with Crippen molar-refractivity contribution in [2.45, 2.75) is 26.7 Å². The first kappa shape index (κ1) is 36.5. The molecule has 0 fully saturated rings. The first-order chi connectivity index (χ1) is 19.5. The topological polar surface area (TPSA) is 95.1 Å². The molecule has 0 aliphatic heterocycles. The van der Waals surface area contributed by atoms with Crippen LogP contribution in [-0.4, -0.2) is 76.3 Å². The van der Waals surface area contributed by atoms with Crippen LogP contribution in [0.1, 0.15) is 37.8 Å². The first-order valence-electron chi connectivity index (χ1n) is 13.5. The highest BCUT2D eigenvalue weighted by molar-refractivity contribution is 6.18. The Hall–Kier alpha value is -2.49. The molecule has 0 spiro atoms. The maximum Gasteiger partial charge on any atom is 0.344 e. The first-order valence-corrected chi connectivity index (χ1v) is 14.6. The number of esters is 2. The Labute approximate surface area is 259 Å². The second-order valence-electron chi connectivity index (χ2n) is 8.61. The summed E-state index contributed by atoms with van der Waals surface area (Å²) in [6.07, 6.45) is 1.69. The Morgan fingerprint density at radius 1 is 0.634 bits per heavy atom. The van der Waals surface area contributed by atoms with Crippen LogP contribution in [0.3, 0.4) is 0 Å². The number of ether oxygens (including phenoxy) is 4. The summed E-state index contributed by atoms with van der Waals surface area (Å²) in [6.45, 7) is 6.95. The van der Waals surface area contributed by atoms with Crippen LogP contribution in [0, 0.1) is 0 Å². The smallest absolute Gasteiger partial charge is 0.344 e. The van der Waals surface area contributed by atoms with Gasteiger partial charge in [0, 0.05) is 37.9 Å². The molecular formula is C30H41Cl3N2O6. The SMILES string of the molecule is CC/C(=C(\CC)c1ccc(OCC(=O)OCCNCCCl)cc1)c1ccc(OCC(=O)OCCNCCCl)cc1.Cl. The maximum atomic E-state index is 11.9. The summed E-state index contributed by atoms with van der Waals surface area (Å²) < 4.78 is 21.4. The van der Waals surface area contributed by atoms with Crippen molar-refractivity contribution in [2.24, 2.45) is 0 Å². The summed E-state index contributed by atoms with van der Waals surface area (Å²) >= 11 is 11.2. The van der Waals surface area contributed by atoms with Gasteiger partial charge in [-0.05, 0) is 59.4 Å². The lowest BCUT2D eigenvalue weighted by Crippen LogP contribution is -2.24. The highest BCUT2D eigenvalue weighted by Gasteiger charge is 2.11. The van der Waals surface area contributed by atoms with Crippen LogP contribution in [0.2, 0.25) is 0 Å². The predicted octanol–water partition coefficient (Wildman–Crippen LogP) is 5.34. The third-order valence-corrected chi connectivity index (χ3v) is 6.19. The summed E-state index contributed by atoms with van der Waals surface area (Å²) in [4.78, 5) is 23.8. The molecule has 0 saturated heterocycles. The molecule has 0 bridgehead atoms. The monoisotopic (exact) mass is 630 g/mol. The Bertz CT molecular complexity index is 966. The number of rotatable bonds is 20. The highest BCUT2D eigenvalue weighted by atomic mass is 35.5.